The fourth-order valence-corrected chi connectivity index (χ4v) is 3.81. The van der Waals surface area contributed by atoms with Gasteiger partial charge in [-0.2, -0.15) is 13.2 Å². The Morgan fingerprint density at radius 1 is 1.00 bits per heavy atom. The zero-order valence-corrected chi connectivity index (χ0v) is 18.2. The fourth-order valence-electron chi connectivity index (χ4n) is 3.38. The van der Waals surface area contributed by atoms with Crippen LogP contribution < -0.4 is 5.32 Å². The van der Waals surface area contributed by atoms with E-state index >= 15 is 0 Å². The summed E-state index contributed by atoms with van der Waals surface area (Å²) in [5.41, 5.74) is 1.47. The lowest BCUT2D eigenvalue weighted by Gasteiger charge is -2.14. The number of nitrogens with one attached hydrogen (secondary N) is 1. The summed E-state index contributed by atoms with van der Waals surface area (Å²) >= 11 is 3.45. The molecule has 8 heteroatoms. The van der Waals surface area contributed by atoms with Crippen LogP contribution >= 0.6 is 15.9 Å². The van der Waals surface area contributed by atoms with Crippen LogP contribution in [0.1, 0.15) is 21.6 Å². The molecule has 0 fully saturated rings. The maximum Gasteiger partial charge on any atom is 0.417 e. The Labute approximate surface area is 190 Å². The number of alkyl halides is 3. The summed E-state index contributed by atoms with van der Waals surface area (Å²) < 4.78 is 42.8. The molecule has 1 heterocycles. The van der Waals surface area contributed by atoms with Gasteiger partial charge in [-0.1, -0.05) is 64.5 Å². The Bertz CT molecular complexity index is 1270. The van der Waals surface area contributed by atoms with Crippen molar-refractivity contribution in [3.63, 3.8) is 0 Å². The maximum absolute atomic E-state index is 13.5. The van der Waals surface area contributed by atoms with Crippen LogP contribution in [0.25, 0.3) is 16.8 Å². The predicted octanol–water partition coefficient (Wildman–Crippen LogP) is 6.25. The second-order valence-corrected chi connectivity index (χ2v) is 7.87. The van der Waals surface area contributed by atoms with E-state index in [1.165, 1.54) is 24.7 Å². The topological polar surface area (TPSA) is 46.9 Å². The van der Waals surface area contributed by atoms with Gasteiger partial charge in [0.15, 0.2) is 0 Å². The van der Waals surface area contributed by atoms with Gasteiger partial charge in [0.05, 0.1) is 18.1 Å². The summed E-state index contributed by atoms with van der Waals surface area (Å²) in [6.45, 7) is 0.310. The first-order valence-electron chi connectivity index (χ1n) is 9.65. The van der Waals surface area contributed by atoms with Gasteiger partial charge in [0.1, 0.15) is 5.69 Å². The van der Waals surface area contributed by atoms with Crippen molar-refractivity contribution in [3.05, 3.63) is 107 Å². The van der Waals surface area contributed by atoms with E-state index in [4.69, 9.17) is 0 Å². The van der Waals surface area contributed by atoms with Crippen LogP contribution in [0.4, 0.5) is 13.2 Å². The van der Waals surface area contributed by atoms with Crippen LogP contribution in [-0.4, -0.2) is 15.5 Å². The molecule has 4 rings (SSSR count). The van der Waals surface area contributed by atoms with Crippen molar-refractivity contribution in [3.8, 4) is 16.8 Å². The highest BCUT2D eigenvalue weighted by Gasteiger charge is 2.33. The summed E-state index contributed by atoms with van der Waals surface area (Å²) in [6.07, 6.45) is -1.59. The van der Waals surface area contributed by atoms with Crippen LogP contribution in [-0.2, 0) is 12.7 Å². The summed E-state index contributed by atoms with van der Waals surface area (Å²) in [7, 11) is 0. The highest BCUT2D eigenvalue weighted by molar-refractivity contribution is 9.10. The molecule has 4 aromatic rings. The van der Waals surface area contributed by atoms with Crippen LogP contribution in [0.15, 0.2) is 89.8 Å². The van der Waals surface area contributed by atoms with Crippen molar-refractivity contribution in [1.29, 1.82) is 0 Å². The zero-order chi connectivity index (χ0) is 22.7. The molecule has 0 aliphatic heterocycles. The lowest BCUT2D eigenvalue weighted by atomic mass is 9.99. The molecular formula is C24H17BrF3N3O. The minimum absolute atomic E-state index is 0.0712. The Balaban J connectivity index is 1.63. The van der Waals surface area contributed by atoms with Gasteiger partial charge in [-0.15, -0.1) is 0 Å². The van der Waals surface area contributed by atoms with Crippen LogP contribution in [0.2, 0.25) is 0 Å². The zero-order valence-electron chi connectivity index (χ0n) is 16.6. The molecule has 0 unspecified atom stereocenters. The minimum Gasteiger partial charge on any atom is -0.347 e. The first-order valence-corrected chi connectivity index (χ1v) is 10.4. The lowest BCUT2D eigenvalue weighted by molar-refractivity contribution is -0.137. The molecule has 0 radical (unpaired) electrons. The summed E-state index contributed by atoms with van der Waals surface area (Å²) in [5, 5.41) is 2.85. The minimum atomic E-state index is -4.47. The van der Waals surface area contributed by atoms with Gasteiger partial charge >= 0.3 is 6.18 Å². The smallest absolute Gasteiger partial charge is 0.347 e. The second kappa shape index (κ2) is 9.00. The monoisotopic (exact) mass is 499 g/mol. The highest BCUT2D eigenvalue weighted by atomic mass is 79.9. The molecule has 1 aromatic heterocycles. The fraction of sp³-hybridized carbons (Fsp3) is 0.0833. The molecule has 0 aliphatic carbocycles. The number of nitrogens with zero attached hydrogens (tertiary/aromatic N) is 2. The number of imidazole rings is 1. The van der Waals surface area contributed by atoms with E-state index < -0.39 is 11.7 Å². The van der Waals surface area contributed by atoms with E-state index in [0.29, 0.717) is 17.8 Å². The molecule has 4 nitrogen and oxygen atoms in total. The molecule has 0 saturated carbocycles. The van der Waals surface area contributed by atoms with Gasteiger partial charge in [0, 0.05) is 16.7 Å². The molecular weight excluding hydrogens is 483 g/mol. The average Bonchev–Trinajstić information content (AvgIpc) is 3.28. The number of hydrogen-bond acceptors (Lipinski definition) is 2. The highest BCUT2D eigenvalue weighted by Crippen LogP contribution is 2.37. The number of aromatic nitrogens is 2. The van der Waals surface area contributed by atoms with Gasteiger partial charge in [-0.3, -0.25) is 9.36 Å². The molecule has 3 aromatic carbocycles. The van der Waals surface area contributed by atoms with Gasteiger partial charge in [0.25, 0.3) is 5.91 Å². The number of hydrogen-bond donors (Lipinski definition) is 1. The quantitative estimate of drug-likeness (QED) is 0.352. The Hall–Kier alpha value is -3.39. The number of amides is 1. The molecule has 32 heavy (non-hydrogen) atoms. The third-order valence-corrected chi connectivity index (χ3v) is 5.71. The standard InChI is InChI=1S/C24H17BrF3N3O/c25-21-11-4-1-6-17(21)13-30-23(32)22-14-29-15-31(22)18-8-5-7-16(12-18)19-9-2-3-10-20(19)24(26,27)28/h1-12,14-15H,13H2,(H,30,32). The second-order valence-electron chi connectivity index (χ2n) is 7.02. The number of carbonyl (C=O) groups is 1. The molecule has 1 amide bonds. The molecule has 0 spiro atoms. The van der Waals surface area contributed by atoms with Crippen molar-refractivity contribution in [2.75, 3.05) is 0 Å². The summed E-state index contributed by atoms with van der Waals surface area (Å²) in [6, 6.07) is 19.5. The lowest BCUT2D eigenvalue weighted by Crippen LogP contribution is -2.25. The molecule has 0 saturated heterocycles. The number of carbonyl (C=O) groups excluding carboxylic acids is 1. The SMILES string of the molecule is O=C(NCc1ccccc1Br)c1cncn1-c1cccc(-c2ccccc2C(F)(F)F)c1. The van der Waals surface area contributed by atoms with Crippen molar-refractivity contribution in [2.45, 2.75) is 12.7 Å². The van der Waals surface area contributed by atoms with Gasteiger partial charge in [-0.25, -0.2) is 4.98 Å². The van der Waals surface area contributed by atoms with E-state index in [1.807, 2.05) is 24.3 Å². The van der Waals surface area contributed by atoms with E-state index in [-0.39, 0.29) is 17.2 Å². The third kappa shape index (κ3) is 4.60. The van der Waals surface area contributed by atoms with E-state index in [1.54, 1.807) is 34.9 Å². The Morgan fingerprint density at radius 2 is 1.75 bits per heavy atom. The summed E-state index contributed by atoms with van der Waals surface area (Å²) in [5.74, 6) is -0.348. The van der Waals surface area contributed by atoms with Crippen molar-refractivity contribution < 1.29 is 18.0 Å². The predicted molar refractivity (Wildman–Crippen MR) is 119 cm³/mol. The largest absolute Gasteiger partial charge is 0.417 e. The van der Waals surface area contributed by atoms with Crippen LogP contribution in [0.3, 0.4) is 0 Å². The van der Waals surface area contributed by atoms with Crippen LogP contribution in [0.5, 0.6) is 0 Å². The summed E-state index contributed by atoms with van der Waals surface area (Å²) in [4.78, 5) is 16.9. The number of rotatable bonds is 5. The van der Waals surface area contributed by atoms with Crippen molar-refractivity contribution >= 4 is 21.8 Å². The van der Waals surface area contributed by atoms with E-state index in [2.05, 4.69) is 26.2 Å². The first kappa shape index (κ1) is 21.8. The molecule has 1 N–H and O–H groups in total. The van der Waals surface area contributed by atoms with Crippen molar-refractivity contribution in [1.82, 2.24) is 14.9 Å². The van der Waals surface area contributed by atoms with E-state index in [0.717, 1.165) is 16.1 Å². The van der Waals surface area contributed by atoms with Gasteiger partial charge in [-0.05, 0) is 41.0 Å². The van der Waals surface area contributed by atoms with Gasteiger partial charge < -0.3 is 5.32 Å². The molecule has 0 atom stereocenters. The molecule has 0 aliphatic rings. The van der Waals surface area contributed by atoms with E-state index in [9.17, 15) is 18.0 Å². The average molecular weight is 500 g/mol. The normalized spacial score (nSPS) is 11.4. The van der Waals surface area contributed by atoms with Crippen LogP contribution in [0, 0.1) is 0 Å². The Morgan fingerprint density at radius 3 is 2.53 bits per heavy atom. The third-order valence-electron chi connectivity index (χ3n) is 4.94. The maximum atomic E-state index is 13.5. The van der Waals surface area contributed by atoms with Crippen molar-refractivity contribution in [2.24, 2.45) is 0 Å². The Kier molecular flexibility index (Phi) is 6.14. The molecule has 162 valence electrons. The molecule has 0 bridgehead atoms. The van der Waals surface area contributed by atoms with Gasteiger partial charge in [0.2, 0.25) is 0 Å². The first-order chi connectivity index (χ1) is 15.3. The number of benzene rings is 3. The number of halogens is 4.